The van der Waals surface area contributed by atoms with Crippen molar-refractivity contribution in [1.82, 2.24) is 0 Å². The van der Waals surface area contributed by atoms with Crippen LogP contribution in [0.3, 0.4) is 0 Å². The lowest BCUT2D eigenvalue weighted by Gasteiger charge is -2.42. The summed E-state index contributed by atoms with van der Waals surface area (Å²) >= 11 is 0. The summed E-state index contributed by atoms with van der Waals surface area (Å²) in [6, 6.07) is 10.5. The Bertz CT molecular complexity index is 392. The number of benzene rings is 1. The standard InChI is InChI=1S/C13H16N2/c1-2-11-12(7-13(11)15)10-5-3-4-9(6-10)8-14/h3-6,11-13H,2,7,15H2,1H3. The van der Waals surface area contributed by atoms with Crippen molar-refractivity contribution in [2.45, 2.75) is 31.7 Å². The minimum Gasteiger partial charge on any atom is -0.327 e. The van der Waals surface area contributed by atoms with Crippen LogP contribution in [-0.2, 0) is 0 Å². The van der Waals surface area contributed by atoms with Gasteiger partial charge in [0.2, 0.25) is 0 Å². The van der Waals surface area contributed by atoms with Gasteiger partial charge in [0.1, 0.15) is 0 Å². The lowest BCUT2D eigenvalue weighted by atomic mass is 9.65. The Kier molecular flexibility index (Phi) is 2.75. The van der Waals surface area contributed by atoms with E-state index >= 15 is 0 Å². The van der Waals surface area contributed by atoms with Gasteiger partial charge in [0.25, 0.3) is 0 Å². The van der Waals surface area contributed by atoms with Crippen molar-refractivity contribution in [3.8, 4) is 6.07 Å². The van der Waals surface area contributed by atoms with Crippen LogP contribution < -0.4 is 5.73 Å². The second kappa shape index (κ2) is 4.04. The maximum Gasteiger partial charge on any atom is 0.0991 e. The maximum atomic E-state index is 8.83. The molecule has 1 aromatic carbocycles. The first-order valence-electron chi connectivity index (χ1n) is 5.52. The second-order valence-corrected chi connectivity index (χ2v) is 4.32. The number of hydrogen-bond acceptors (Lipinski definition) is 2. The van der Waals surface area contributed by atoms with E-state index in [1.807, 2.05) is 18.2 Å². The monoisotopic (exact) mass is 200 g/mol. The van der Waals surface area contributed by atoms with Crippen LogP contribution in [-0.4, -0.2) is 6.04 Å². The average molecular weight is 200 g/mol. The normalized spacial score (nSPS) is 29.3. The van der Waals surface area contributed by atoms with Crippen molar-refractivity contribution in [1.29, 1.82) is 5.26 Å². The van der Waals surface area contributed by atoms with Crippen molar-refractivity contribution in [3.63, 3.8) is 0 Å². The zero-order chi connectivity index (χ0) is 10.8. The first kappa shape index (κ1) is 10.2. The van der Waals surface area contributed by atoms with E-state index in [9.17, 15) is 0 Å². The summed E-state index contributed by atoms with van der Waals surface area (Å²) in [5, 5.41) is 8.83. The van der Waals surface area contributed by atoms with E-state index in [1.54, 1.807) is 0 Å². The van der Waals surface area contributed by atoms with Gasteiger partial charge in [0.05, 0.1) is 11.6 Å². The predicted octanol–water partition coefficient (Wildman–Crippen LogP) is 2.40. The third kappa shape index (κ3) is 1.75. The molecule has 2 nitrogen and oxygen atoms in total. The highest BCUT2D eigenvalue weighted by atomic mass is 14.7. The lowest BCUT2D eigenvalue weighted by Crippen LogP contribution is -2.45. The van der Waals surface area contributed by atoms with Crippen LogP contribution in [0.5, 0.6) is 0 Å². The molecule has 0 saturated heterocycles. The van der Waals surface area contributed by atoms with Crippen molar-refractivity contribution in [2.75, 3.05) is 0 Å². The Balaban J connectivity index is 2.20. The molecule has 3 unspecified atom stereocenters. The van der Waals surface area contributed by atoms with Crippen LogP contribution in [0, 0.1) is 17.2 Å². The van der Waals surface area contributed by atoms with Gasteiger partial charge in [-0.15, -0.1) is 0 Å². The van der Waals surface area contributed by atoms with Crippen molar-refractivity contribution in [3.05, 3.63) is 35.4 Å². The van der Waals surface area contributed by atoms with Crippen molar-refractivity contribution in [2.24, 2.45) is 11.7 Å². The van der Waals surface area contributed by atoms with E-state index in [1.165, 1.54) is 5.56 Å². The number of rotatable bonds is 2. The number of hydrogen-bond donors (Lipinski definition) is 1. The summed E-state index contributed by atoms with van der Waals surface area (Å²) in [4.78, 5) is 0. The molecule has 0 amide bonds. The highest BCUT2D eigenvalue weighted by molar-refractivity contribution is 5.36. The molecule has 0 aliphatic heterocycles. The quantitative estimate of drug-likeness (QED) is 0.797. The summed E-state index contributed by atoms with van der Waals surface area (Å²) in [5.41, 5.74) is 8.00. The van der Waals surface area contributed by atoms with Gasteiger partial charge in [-0.05, 0) is 36.0 Å². The van der Waals surface area contributed by atoms with E-state index in [0.717, 1.165) is 18.4 Å². The molecule has 0 spiro atoms. The van der Waals surface area contributed by atoms with E-state index in [2.05, 4.69) is 19.1 Å². The molecule has 1 saturated carbocycles. The molecule has 78 valence electrons. The third-order valence-corrected chi connectivity index (χ3v) is 3.51. The Morgan fingerprint density at radius 1 is 1.53 bits per heavy atom. The van der Waals surface area contributed by atoms with E-state index in [0.29, 0.717) is 17.9 Å². The molecule has 0 radical (unpaired) electrons. The van der Waals surface area contributed by atoms with Gasteiger partial charge in [0.15, 0.2) is 0 Å². The SMILES string of the molecule is CCC1C(N)CC1c1cccc(C#N)c1. The fraction of sp³-hybridized carbons (Fsp3) is 0.462. The molecular formula is C13H16N2. The predicted molar refractivity (Wildman–Crippen MR) is 60.3 cm³/mol. The zero-order valence-electron chi connectivity index (χ0n) is 8.98. The first-order chi connectivity index (χ1) is 7.26. The van der Waals surface area contributed by atoms with E-state index in [-0.39, 0.29) is 0 Å². The van der Waals surface area contributed by atoms with Gasteiger partial charge >= 0.3 is 0 Å². The summed E-state index contributed by atoms with van der Waals surface area (Å²) in [5.74, 6) is 1.16. The molecule has 0 aromatic heterocycles. The summed E-state index contributed by atoms with van der Waals surface area (Å²) in [6.07, 6.45) is 2.19. The summed E-state index contributed by atoms with van der Waals surface area (Å²) < 4.78 is 0. The Labute approximate surface area is 90.7 Å². The van der Waals surface area contributed by atoms with Crippen LogP contribution in [0.15, 0.2) is 24.3 Å². The van der Waals surface area contributed by atoms with Gasteiger partial charge in [-0.2, -0.15) is 5.26 Å². The summed E-state index contributed by atoms with van der Waals surface area (Å²) in [7, 11) is 0. The Morgan fingerprint density at radius 2 is 2.33 bits per heavy atom. The van der Waals surface area contributed by atoms with Gasteiger partial charge in [-0.25, -0.2) is 0 Å². The molecule has 0 heterocycles. The average Bonchev–Trinajstić information content (AvgIpc) is 2.26. The highest BCUT2D eigenvalue weighted by Crippen LogP contribution is 2.43. The molecule has 3 atom stereocenters. The van der Waals surface area contributed by atoms with Crippen molar-refractivity contribution < 1.29 is 0 Å². The van der Waals surface area contributed by atoms with Gasteiger partial charge in [-0.1, -0.05) is 25.5 Å². The lowest BCUT2D eigenvalue weighted by molar-refractivity contribution is 0.198. The minimum absolute atomic E-state index is 0.353. The first-order valence-corrected chi connectivity index (χ1v) is 5.52. The largest absolute Gasteiger partial charge is 0.327 e. The minimum atomic E-state index is 0.353. The molecular weight excluding hydrogens is 184 g/mol. The molecule has 2 heteroatoms. The zero-order valence-corrected chi connectivity index (χ0v) is 8.98. The topological polar surface area (TPSA) is 49.8 Å². The van der Waals surface area contributed by atoms with Gasteiger partial charge < -0.3 is 5.73 Å². The molecule has 15 heavy (non-hydrogen) atoms. The highest BCUT2D eigenvalue weighted by Gasteiger charge is 2.37. The van der Waals surface area contributed by atoms with Crippen LogP contribution >= 0.6 is 0 Å². The third-order valence-electron chi connectivity index (χ3n) is 3.51. The number of nitrogens with two attached hydrogens (primary N) is 1. The fourth-order valence-corrected chi connectivity index (χ4v) is 2.55. The molecule has 0 bridgehead atoms. The molecule has 1 aliphatic carbocycles. The molecule has 1 aromatic rings. The van der Waals surface area contributed by atoms with E-state index < -0.39 is 0 Å². The number of nitriles is 1. The van der Waals surface area contributed by atoms with Gasteiger partial charge in [-0.3, -0.25) is 0 Å². The van der Waals surface area contributed by atoms with Crippen molar-refractivity contribution >= 4 is 0 Å². The maximum absolute atomic E-state index is 8.83. The van der Waals surface area contributed by atoms with E-state index in [4.69, 9.17) is 11.0 Å². The molecule has 2 N–H and O–H groups in total. The molecule has 1 aliphatic rings. The second-order valence-electron chi connectivity index (χ2n) is 4.32. The number of nitrogens with zero attached hydrogens (tertiary/aromatic N) is 1. The van der Waals surface area contributed by atoms with Crippen LogP contribution in [0.1, 0.15) is 36.8 Å². The smallest absolute Gasteiger partial charge is 0.0991 e. The Morgan fingerprint density at radius 3 is 2.93 bits per heavy atom. The fourth-order valence-electron chi connectivity index (χ4n) is 2.55. The Hall–Kier alpha value is -1.33. The molecule has 1 fully saturated rings. The van der Waals surface area contributed by atoms with Crippen LogP contribution in [0.2, 0.25) is 0 Å². The molecule has 2 rings (SSSR count). The van der Waals surface area contributed by atoms with Crippen LogP contribution in [0.4, 0.5) is 0 Å². The van der Waals surface area contributed by atoms with Crippen LogP contribution in [0.25, 0.3) is 0 Å². The van der Waals surface area contributed by atoms with Gasteiger partial charge in [0, 0.05) is 6.04 Å². The summed E-state index contributed by atoms with van der Waals surface area (Å²) in [6.45, 7) is 2.19.